The van der Waals surface area contributed by atoms with Crippen LogP contribution in [0.1, 0.15) is 93.5 Å². The molecule has 1 amide bonds. The van der Waals surface area contributed by atoms with Crippen LogP contribution in [0.2, 0.25) is 0 Å². The predicted octanol–water partition coefficient (Wildman–Crippen LogP) is 5.64. The first-order chi connectivity index (χ1) is 18.0. The zero-order valence-electron chi connectivity index (χ0n) is 24.6. The number of nitrogens with one attached hydrogen (secondary N) is 2. The first-order valence-electron chi connectivity index (χ1n) is 13.5. The molecule has 2 heterocycles. The van der Waals surface area contributed by atoms with E-state index >= 15 is 0 Å². The third kappa shape index (κ3) is 7.09. The Balaban J connectivity index is 1.93. The summed E-state index contributed by atoms with van der Waals surface area (Å²) in [6.45, 7) is 19.1. The van der Waals surface area contributed by atoms with E-state index in [0.29, 0.717) is 35.6 Å². The molecule has 0 aliphatic carbocycles. The molecule has 10 heteroatoms. The Morgan fingerprint density at radius 2 is 1.62 bits per heavy atom. The van der Waals surface area contributed by atoms with Gasteiger partial charge in [0.2, 0.25) is 10.0 Å². The molecule has 3 rings (SSSR count). The first-order valence-corrected chi connectivity index (χ1v) is 15.8. The van der Waals surface area contributed by atoms with Crippen molar-refractivity contribution in [1.82, 2.24) is 9.62 Å². The summed E-state index contributed by atoms with van der Waals surface area (Å²) in [6, 6.07) is 5.97. The average Bonchev–Trinajstić information content (AvgIpc) is 3.15. The fourth-order valence-corrected chi connectivity index (χ4v) is 8.25. The Hall–Kier alpha value is -2.27. The number of carbonyl (C=O) groups excluding carboxylic acids is 2. The van der Waals surface area contributed by atoms with Crippen LogP contribution in [0.15, 0.2) is 29.2 Å². The number of nitrogens with zero attached hydrogens (tertiary/aromatic N) is 1. The van der Waals surface area contributed by atoms with Gasteiger partial charge in [-0.25, -0.2) is 13.2 Å². The summed E-state index contributed by atoms with van der Waals surface area (Å²) in [4.78, 5) is 27.5. The number of thiophene rings is 1. The summed E-state index contributed by atoms with van der Waals surface area (Å²) < 4.78 is 33.6. The standard InChI is InChI=1S/C29H43N3O5S2/c1-10-37-27(34)23-22-15-28(6,7)31-29(8,9)24(22)38-26(23)30-25(33)20-11-13-21(14-12-20)39(35,36)32(16-18(2)3)17-19(4)5/h11-14,18-19,31H,10,15-17H2,1-9H3,(H,30,33). The van der Waals surface area contributed by atoms with Crippen LogP contribution in [0.25, 0.3) is 0 Å². The Morgan fingerprint density at radius 1 is 1.05 bits per heavy atom. The van der Waals surface area contributed by atoms with E-state index in [2.05, 4.69) is 38.3 Å². The van der Waals surface area contributed by atoms with Gasteiger partial charge in [0, 0.05) is 34.6 Å². The molecule has 1 aliphatic heterocycles. The van der Waals surface area contributed by atoms with E-state index in [1.54, 1.807) is 6.92 Å². The van der Waals surface area contributed by atoms with Crippen LogP contribution in [0, 0.1) is 11.8 Å². The zero-order chi connectivity index (χ0) is 29.3. The normalized spacial score (nSPS) is 16.4. The number of benzene rings is 1. The van der Waals surface area contributed by atoms with Crippen molar-refractivity contribution >= 4 is 38.2 Å². The summed E-state index contributed by atoms with van der Waals surface area (Å²) in [7, 11) is -3.71. The van der Waals surface area contributed by atoms with Crippen molar-refractivity contribution in [1.29, 1.82) is 0 Å². The SMILES string of the molecule is CCOC(=O)c1c(NC(=O)c2ccc(S(=O)(=O)N(CC(C)C)CC(C)C)cc2)sc2c1CC(C)(C)NC2(C)C. The molecule has 0 atom stereocenters. The van der Waals surface area contributed by atoms with Gasteiger partial charge < -0.3 is 15.4 Å². The minimum atomic E-state index is -3.71. The monoisotopic (exact) mass is 577 g/mol. The van der Waals surface area contributed by atoms with E-state index < -0.39 is 27.4 Å². The van der Waals surface area contributed by atoms with Crippen LogP contribution < -0.4 is 10.6 Å². The molecule has 2 N–H and O–H groups in total. The number of anilines is 1. The maximum Gasteiger partial charge on any atom is 0.341 e. The van der Waals surface area contributed by atoms with Gasteiger partial charge in [-0.15, -0.1) is 11.3 Å². The van der Waals surface area contributed by atoms with Gasteiger partial charge in [0.15, 0.2) is 0 Å². The lowest BCUT2D eigenvalue weighted by Crippen LogP contribution is -2.55. The van der Waals surface area contributed by atoms with Crippen LogP contribution in [0.5, 0.6) is 0 Å². The van der Waals surface area contributed by atoms with E-state index in [1.807, 2.05) is 27.7 Å². The smallest absolute Gasteiger partial charge is 0.341 e. The molecule has 0 saturated heterocycles. The molecular weight excluding hydrogens is 534 g/mol. The lowest BCUT2D eigenvalue weighted by molar-refractivity contribution is 0.0525. The average molecular weight is 578 g/mol. The maximum atomic E-state index is 13.4. The van der Waals surface area contributed by atoms with Crippen molar-refractivity contribution in [2.45, 2.75) is 84.7 Å². The van der Waals surface area contributed by atoms with E-state index in [4.69, 9.17) is 4.74 Å². The summed E-state index contributed by atoms with van der Waals surface area (Å²) in [5.41, 5.74) is 0.928. The van der Waals surface area contributed by atoms with Crippen molar-refractivity contribution in [3.63, 3.8) is 0 Å². The molecule has 0 radical (unpaired) electrons. The first kappa shape index (κ1) is 31.3. The van der Waals surface area contributed by atoms with Gasteiger partial charge >= 0.3 is 5.97 Å². The summed E-state index contributed by atoms with van der Waals surface area (Å²) >= 11 is 1.37. The third-order valence-corrected chi connectivity index (χ3v) is 9.76. The van der Waals surface area contributed by atoms with Crippen LogP contribution in [-0.4, -0.2) is 49.8 Å². The summed E-state index contributed by atoms with van der Waals surface area (Å²) in [5.74, 6) is -0.524. The number of sulfonamides is 1. The number of fused-ring (bicyclic) bond motifs is 1. The third-order valence-electron chi connectivity index (χ3n) is 6.44. The van der Waals surface area contributed by atoms with Crippen molar-refractivity contribution < 1.29 is 22.7 Å². The lowest BCUT2D eigenvalue weighted by atomic mass is 9.81. The van der Waals surface area contributed by atoms with Crippen molar-refractivity contribution in [3.05, 3.63) is 45.8 Å². The van der Waals surface area contributed by atoms with Crippen molar-refractivity contribution in [2.75, 3.05) is 25.0 Å². The molecule has 0 spiro atoms. The summed E-state index contributed by atoms with van der Waals surface area (Å²) in [6.07, 6.45) is 0.613. The fourth-order valence-electron chi connectivity index (χ4n) is 5.22. The molecule has 8 nitrogen and oxygen atoms in total. The van der Waals surface area contributed by atoms with Gasteiger partial charge in [0.1, 0.15) is 5.00 Å². The van der Waals surface area contributed by atoms with E-state index in [0.717, 1.165) is 10.4 Å². The number of rotatable bonds is 10. The van der Waals surface area contributed by atoms with E-state index in [9.17, 15) is 18.0 Å². The van der Waals surface area contributed by atoms with Crippen molar-refractivity contribution in [2.24, 2.45) is 11.8 Å². The van der Waals surface area contributed by atoms with Gasteiger partial charge in [0.05, 0.1) is 17.1 Å². The van der Waals surface area contributed by atoms with Crippen LogP contribution in [0.4, 0.5) is 5.00 Å². The van der Waals surface area contributed by atoms with Gasteiger partial charge in [-0.2, -0.15) is 4.31 Å². The molecule has 1 aromatic heterocycles. The number of hydrogen-bond donors (Lipinski definition) is 2. The molecule has 0 fully saturated rings. The highest BCUT2D eigenvalue weighted by Crippen LogP contribution is 2.45. The van der Waals surface area contributed by atoms with Gasteiger partial charge in [-0.05, 0) is 82.7 Å². The van der Waals surface area contributed by atoms with E-state index in [1.165, 1.54) is 39.9 Å². The highest BCUT2D eigenvalue weighted by molar-refractivity contribution is 7.89. The topological polar surface area (TPSA) is 105 Å². The molecule has 39 heavy (non-hydrogen) atoms. The van der Waals surface area contributed by atoms with Crippen LogP contribution in [0.3, 0.4) is 0 Å². The molecule has 216 valence electrons. The number of hydrogen-bond acceptors (Lipinski definition) is 7. The van der Waals surface area contributed by atoms with Crippen molar-refractivity contribution in [3.8, 4) is 0 Å². The fraction of sp³-hybridized carbons (Fsp3) is 0.586. The number of esters is 1. The minimum Gasteiger partial charge on any atom is -0.462 e. The predicted molar refractivity (Wildman–Crippen MR) is 157 cm³/mol. The maximum absolute atomic E-state index is 13.4. The second-order valence-corrected chi connectivity index (χ2v) is 15.2. The zero-order valence-corrected chi connectivity index (χ0v) is 26.2. The van der Waals surface area contributed by atoms with Crippen LogP contribution >= 0.6 is 11.3 Å². The largest absolute Gasteiger partial charge is 0.462 e. The van der Waals surface area contributed by atoms with Gasteiger partial charge in [0.25, 0.3) is 5.91 Å². The molecule has 2 aromatic rings. The molecular formula is C29H43N3O5S2. The van der Waals surface area contributed by atoms with Gasteiger partial charge in [-0.3, -0.25) is 4.79 Å². The van der Waals surface area contributed by atoms with Gasteiger partial charge in [-0.1, -0.05) is 27.7 Å². The Labute approximate surface area is 237 Å². The minimum absolute atomic E-state index is 0.147. The molecule has 0 bridgehead atoms. The second kappa shape index (κ2) is 11.7. The Kier molecular flexibility index (Phi) is 9.37. The Morgan fingerprint density at radius 3 is 2.13 bits per heavy atom. The van der Waals surface area contributed by atoms with E-state index in [-0.39, 0.29) is 28.9 Å². The Bertz CT molecular complexity index is 1300. The summed E-state index contributed by atoms with van der Waals surface area (Å²) in [5, 5.41) is 6.97. The molecule has 0 unspecified atom stereocenters. The highest BCUT2D eigenvalue weighted by Gasteiger charge is 2.42. The lowest BCUT2D eigenvalue weighted by Gasteiger charge is -2.42. The number of carbonyl (C=O) groups is 2. The highest BCUT2D eigenvalue weighted by atomic mass is 32.2. The number of amides is 1. The molecule has 1 aliphatic rings. The second-order valence-electron chi connectivity index (χ2n) is 12.2. The van der Waals surface area contributed by atoms with Crippen LogP contribution in [-0.2, 0) is 26.7 Å². The quantitative estimate of drug-likeness (QED) is 0.354. The number of ether oxygens (including phenoxy) is 1. The molecule has 0 saturated carbocycles. The molecule has 1 aromatic carbocycles.